The number of para-hydroxylation sites is 1. The average molecular weight is 229 g/mol. The maximum Gasteiger partial charge on any atom is 0.145 e. The number of ether oxygens (including phenoxy) is 1. The molecule has 0 saturated carbocycles. The molecular formula is C13H15N3O. The van der Waals surface area contributed by atoms with Gasteiger partial charge < -0.3 is 10.5 Å². The summed E-state index contributed by atoms with van der Waals surface area (Å²) in [6.45, 7) is 3.56. The van der Waals surface area contributed by atoms with E-state index in [1.807, 2.05) is 35.9 Å². The predicted molar refractivity (Wildman–Crippen MR) is 66.1 cm³/mol. The van der Waals surface area contributed by atoms with Crippen LogP contribution >= 0.6 is 0 Å². The molecule has 0 amide bonds. The van der Waals surface area contributed by atoms with E-state index in [2.05, 4.69) is 11.2 Å². The van der Waals surface area contributed by atoms with Crippen LogP contribution < -0.4 is 10.5 Å². The van der Waals surface area contributed by atoms with Crippen LogP contribution in [0.3, 0.4) is 0 Å². The van der Waals surface area contributed by atoms with E-state index in [-0.39, 0.29) is 0 Å². The van der Waals surface area contributed by atoms with Gasteiger partial charge in [-0.05, 0) is 13.0 Å². The van der Waals surface area contributed by atoms with E-state index in [0.717, 1.165) is 24.6 Å². The van der Waals surface area contributed by atoms with Gasteiger partial charge in [-0.2, -0.15) is 5.10 Å². The molecule has 1 unspecified atom stereocenters. The van der Waals surface area contributed by atoms with Crippen LogP contribution in [0.2, 0.25) is 0 Å². The quantitative estimate of drug-likeness (QED) is 0.856. The number of nitrogen functional groups attached to an aromatic ring is 1. The second-order valence-electron chi connectivity index (χ2n) is 4.44. The highest BCUT2D eigenvalue weighted by Crippen LogP contribution is 2.34. The fourth-order valence-corrected chi connectivity index (χ4v) is 2.31. The van der Waals surface area contributed by atoms with Crippen LogP contribution in [0.4, 0.5) is 5.82 Å². The number of benzene rings is 1. The van der Waals surface area contributed by atoms with Crippen molar-refractivity contribution in [1.82, 2.24) is 9.78 Å². The molecule has 0 radical (unpaired) electrons. The molecule has 1 aliphatic rings. The summed E-state index contributed by atoms with van der Waals surface area (Å²) in [5.74, 6) is 1.94. The largest absolute Gasteiger partial charge is 0.493 e. The Morgan fingerprint density at radius 1 is 1.47 bits per heavy atom. The van der Waals surface area contributed by atoms with Crippen molar-refractivity contribution in [3.8, 4) is 5.75 Å². The Labute approximate surface area is 100 Å². The van der Waals surface area contributed by atoms with Gasteiger partial charge in [-0.25, -0.2) is 0 Å². The Morgan fingerprint density at radius 2 is 2.29 bits per heavy atom. The minimum atomic E-state index is 0.365. The van der Waals surface area contributed by atoms with Crippen molar-refractivity contribution in [2.75, 3.05) is 12.3 Å². The lowest BCUT2D eigenvalue weighted by Crippen LogP contribution is -2.13. The molecule has 1 aromatic heterocycles. The van der Waals surface area contributed by atoms with E-state index in [1.54, 1.807) is 0 Å². The van der Waals surface area contributed by atoms with Crippen molar-refractivity contribution in [2.45, 2.75) is 19.4 Å². The van der Waals surface area contributed by atoms with Gasteiger partial charge in [-0.3, -0.25) is 4.68 Å². The van der Waals surface area contributed by atoms with E-state index in [0.29, 0.717) is 11.7 Å². The number of hydrogen-bond donors (Lipinski definition) is 1. The van der Waals surface area contributed by atoms with Gasteiger partial charge in [0.15, 0.2) is 0 Å². The Hall–Kier alpha value is -1.97. The Bertz CT molecular complexity index is 547. The Balaban J connectivity index is 1.86. The van der Waals surface area contributed by atoms with Crippen LogP contribution in [0.1, 0.15) is 17.2 Å². The number of aromatic nitrogens is 2. The molecule has 2 heterocycles. The summed E-state index contributed by atoms with van der Waals surface area (Å²) in [6.07, 6.45) is 0. The van der Waals surface area contributed by atoms with Crippen LogP contribution in [-0.2, 0) is 6.54 Å². The predicted octanol–water partition coefficient (Wildman–Crippen LogP) is 1.95. The van der Waals surface area contributed by atoms with E-state index < -0.39 is 0 Å². The first-order chi connectivity index (χ1) is 8.24. The number of aryl methyl sites for hydroxylation is 1. The molecule has 4 heteroatoms. The molecule has 2 N–H and O–H groups in total. The number of fused-ring (bicyclic) bond motifs is 1. The maximum absolute atomic E-state index is 5.69. The topological polar surface area (TPSA) is 53.1 Å². The van der Waals surface area contributed by atoms with E-state index in [9.17, 15) is 0 Å². The lowest BCUT2D eigenvalue weighted by atomic mass is 10.0. The van der Waals surface area contributed by atoms with Crippen molar-refractivity contribution in [2.24, 2.45) is 0 Å². The first kappa shape index (κ1) is 10.2. The van der Waals surface area contributed by atoms with E-state index >= 15 is 0 Å². The summed E-state index contributed by atoms with van der Waals surface area (Å²) in [5, 5.41) is 4.29. The summed E-state index contributed by atoms with van der Waals surface area (Å²) in [4.78, 5) is 0. The highest BCUT2D eigenvalue weighted by molar-refractivity contribution is 5.39. The zero-order valence-corrected chi connectivity index (χ0v) is 9.76. The van der Waals surface area contributed by atoms with Gasteiger partial charge in [0.25, 0.3) is 0 Å². The molecule has 17 heavy (non-hydrogen) atoms. The first-order valence-electron chi connectivity index (χ1n) is 5.75. The van der Waals surface area contributed by atoms with Crippen molar-refractivity contribution < 1.29 is 4.74 Å². The molecule has 0 bridgehead atoms. The number of anilines is 1. The smallest absolute Gasteiger partial charge is 0.145 e. The molecule has 0 spiro atoms. The molecule has 2 aromatic rings. The second kappa shape index (κ2) is 3.80. The van der Waals surface area contributed by atoms with Gasteiger partial charge in [0.2, 0.25) is 0 Å². The molecule has 1 aromatic carbocycles. The van der Waals surface area contributed by atoms with Crippen LogP contribution in [0.5, 0.6) is 5.75 Å². The van der Waals surface area contributed by atoms with Gasteiger partial charge in [0, 0.05) is 23.2 Å². The summed E-state index contributed by atoms with van der Waals surface area (Å²) in [7, 11) is 0. The SMILES string of the molecule is Cc1cc(N)nn1CC1COc2ccccc21. The molecule has 1 atom stereocenters. The standard InChI is InChI=1S/C13H15N3O/c1-9-6-13(14)15-16(9)7-10-8-17-12-5-3-2-4-11(10)12/h2-6,10H,7-8H2,1H3,(H2,14,15). The highest BCUT2D eigenvalue weighted by Gasteiger charge is 2.24. The first-order valence-corrected chi connectivity index (χ1v) is 5.75. The van der Waals surface area contributed by atoms with Gasteiger partial charge in [-0.1, -0.05) is 18.2 Å². The summed E-state index contributed by atoms with van der Waals surface area (Å²) < 4.78 is 7.61. The monoisotopic (exact) mass is 229 g/mol. The minimum Gasteiger partial charge on any atom is -0.493 e. The number of nitrogens with zero attached hydrogens (tertiary/aromatic N) is 2. The van der Waals surface area contributed by atoms with E-state index in [1.165, 1.54) is 5.56 Å². The van der Waals surface area contributed by atoms with Crippen LogP contribution in [0.25, 0.3) is 0 Å². The Morgan fingerprint density at radius 3 is 3.06 bits per heavy atom. The minimum absolute atomic E-state index is 0.365. The van der Waals surface area contributed by atoms with E-state index in [4.69, 9.17) is 10.5 Å². The number of rotatable bonds is 2. The molecule has 1 aliphatic heterocycles. The molecule has 0 fully saturated rings. The summed E-state index contributed by atoms with van der Waals surface area (Å²) in [6, 6.07) is 10.1. The molecular weight excluding hydrogens is 214 g/mol. The zero-order valence-electron chi connectivity index (χ0n) is 9.76. The molecule has 88 valence electrons. The van der Waals surface area contributed by atoms with Crippen molar-refractivity contribution in [3.63, 3.8) is 0 Å². The fraction of sp³-hybridized carbons (Fsp3) is 0.308. The lowest BCUT2D eigenvalue weighted by Gasteiger charge is -2.10. The van der Waals surface area contributed by atoms with Gasteiger partial charge in [0.1, 0.15) is 11.6 Å². The molecule has 3 rings (SSSR count). The summed E-state index contributed by atoms with van der Waals surface area (Å²) in [5.41, 5.74) is 8.04. The third kappa shape index (κ3) is 1.75. The molecule has 4 nitrogen and oxygen atoms in total. The average Bonchev–Trinajstić information content (AvgIpc) is 2.85. The second-order valence-corrected chi connectivity index (χ2v) is 4.44. The number of nitrogens with two attached hydrogens (primary N) is 1. The van der Waals surface area contributed by atoms with Crippen molar-refractivity contribution in [3.05, 3.63) is 41.6 Å². The zero-order chi connectivity index (χ0) is 11.8. The van der Waals surface area contributed by atoms with Gasteiger partial charge in [-0.15, -0.1) is 0 Å². The van der Waals surface area contributed by atoms with Gasteiger partial charge >= 0.3 is 0 Å². The van der Waals surface area contributed by atoms with Crippen LogP contribution in [0.15, 0.2) is 30.3 Å². The third-order valence-corrected chi connectivity index (χ3v) is 3.19. The molecule has 0 saturated heterocycles. The summed E-state index contributed by atoms with van der Waals surface area (Å²) >= 11 is 0. The fourth-order valence-electron chi connectivity index (χ4n) is 2.31. The number of hydrogen-bond acceptors (Lipinski definition) is 3. The van der Waals surface area contributed by atoms with Gasteiger partial charge in [0.05, 0.1) is 13.2 Å². The van der Waals surface area contributed by atoms with Crippen LogP contribution in [-0.4, -0.2) is 16.4 Å². The van der Waals surface area contributed by atoms with Crippen molar-refractivity contribution >= 4 is 5.82 Å². The third-order valence-electron chi connectivity index (χ3n) is 3.19. The Kier molecular flexibility index (Phi) is 2.28. The van der Waals surface area contributed by atoms with Crippen LogP contribution in [0, 0.1) is 6.92 Å². The highest BCUT2D eigenvalue weighted by atomic mass is 16.5. The molecule has 0 aliphatic carbocycles. The maximum atomic E-state index is 5.69. The van der Waals surface area contributed by atoms with Crippen molar-refractivity contribution in [1.29, 1.82) is 0 Å². The lowest BCUT2D eigenvalue weighted by molar-refractivity contribution is 0.314. The normalized spacial score (nSPS) is 17.8.